The Balaban J connectivity index is 2.26. The average Bonchev–Trinajstić information content (AvgIpc) is 2.46. The highest BCUT2D eigenvalue weighted by atomic mass is 35.5. The number of alkyl halides is 3. The standard InChI is InChI=1S/C14H11ClF3NO3S/c1-22-13-7-6-11(8-12(13)15)23(20,21)19-10-4-2-9(3-5-10)14(16,17)18/h2-8,19H,1H3. The summed E-state index contributed by atoms with van der Waals surface area (Å²) in [5, 5.41) is 0.0998. The molecule has 0 amide bonds. The lowest BCUT2D eigenvalue weighted by atomic mass is 10.2. The van der Waals surface area contributed by atoms with Crippen molar-refractivity contribution in [1.82, 2.24) is 0 Å². The minimum atomic E-state index is -4.49. The molecule has 0 spiro atoms. The lowest BCUT2D eigenvalue weighted by molar-refractivity contribution is -0.137. The molecule has 23 heavy (non-hydrogen) atoms. The molecule has 2 aromatic rings. The normalized spacial score (nSPS) is 12.0. The van der Waals surface area contributed by atoms with Gasteiger partial charge in [0.1, 0.15) is 5.75 Å². The number of hydrogen-bond acceptors (Lipinski definition) is 3. The molecule has 0 aliphatic rings. The summed E-state index contributed by atoms with van der Waals surface area (Å²) in [5.41, 5.74) is -0.863. The van der Waals surface area contributed by atoms with Crippen LogP contribution < -0.4 is 9.46 Å². The van der Waals surface area contributed by atoms with Crippen LogP contribution in [0.25, 0.3) is 0 Å². The first kappa shape index (κ1) is 17.4. The zero-order valence-corrected chi connectivity index (χ0v) is 13.3. The quantitative estimate of drug-likeness (QED) is 0.884. The Morgan fingerprint density at radius 1 is 1.09 bits per heavy atom. The maximum Gasteiger partial charge on any atom is 0.416 e. The first-order valence-electron chi connectivity index (χ1n) is 6.17. The van der Waals surface area contributed by atoms with E-state index in [-0.39, 0.29) is 15.6 Å². The van der Waals surface area contributed by atoms with Crippen molar-refractivity contribution in [3.63, 3.8) is 0 Å². The van der Waals surface area contributed by atoms with E-state index in [1.54, 1.807) is 0 Å². The van der Waals surface area contributed by atoms with Gasteiger partial charge in [0, 0.05) is 5.69 Å². The van der Waals surface area contributed by atoms with Crippen molar-refractivity contribution >= 4 is 27.3 Å². The summed E-state index contributed by atoms with van der Waals surface area (Å²) >= 11 is 5.87. The fraction of sp³-hybridized carbons (Fsp3) is 0.143. The number of rotatable bonds is 4. The van der Waals surface area contributed by atoms with Crippen molar-refractivity contribution in [3.05, 3.63) is 53.1 Å². The molecule has 0 aliphatic heterocycles. The van der Waals surface area contributed by atoms with Gasteiger partial charge >= 0.3 is 6.18 Å². The Labute approximate surface area is 135 Å². The predicted octanol–water partition coefficient (Wildman–Crippen LogP) is 4.17. The van der Waals surface area contributed by atoms with Crippen molar-refractivity contribution in [3.8, 4) is 5.75 Å². The van der Waals surface area contributed by atoms with Crippen LogP contribution in [-0.4, -0.2) is 15.5 Å². The van der Waals surface area contributed by atoms with E-state index < -0.39 is 21.8 Å². The molecule has 2 aromatic carbocycles. The third kappa shape index (κ3) is 4.08. The number of ether oxygens (including phenoxy) is 1. The molecule has 0 saturated carbocycles. The van der Waals surface area contributed by atoms with E-state index >= 15 is 0 Å². The van der Waals surface area contributed by atoms with Crippen LogP contribution in [-0.2, 0) is 16.2 Å². The third-order valence-electron chi connectivity index (χ3n) is 2.90. The number of methoxy groups -OCH3 is 1. The Kier molecular flexibility index (Phi) is 4.76. The third-order valence-corrected chi connectivity index (χ3v) is 4.57. The van der Waals surface area contributed by atoms with Gasteiger partial charge in [-0.3, -0.25) is 4.72 Å². The second-order valence-electron chi connectivity index (χ2n) is 4.48. The number of sulfonamides is 1. The van der Waals surface area contributed by atoms with Gasteiger partial charge in [0.05, 0.1) is 22.6 Å². The smallest absolute Gasteiger partial charge is 0.416 e. The van der Waals surface area contributed by atoms with Gasteiger partial charge in [-0.2, -0.15) is 13.2 Å². The van der Waals surface area contributed by atoms with Gasteiger partial charge in [0.2, 0.25) is 0 Å². The summed E-state index contributed by atoms with van der Waals surface area (Å²) in [6.45, 7) is 0. The second kappa shape index (κ2) is 6.29. The number of hydrogen-bond donors (Lipinski definition) is 1. The zero-order chi connectivity index (χ0) is 17.3. The van der Waals surface area contributed by atoms with Gasteiger partial charge in [-0.25, -0.2) is 8.42 Å². The van der Waals surface area contributed by atoms with Crippen LogP contribution in [0.5, 0.6) is 5.75 Å². The van der Waals surface area contributed by atoms with Crippen molar-refractivity contribution < 1.29 is 26.3 Å². The van der Waals surface area contributed by atoms with Crippen LogP contribution in [0.3, 0.4) is 0 Å². The molecule has 0 bridgehead atoms. The molecular formula is C14H11ClF3NO3S. The molecule has 0 radical (unpaired) electrons. The van der Waals surface area contributed by atoms with Crippen molar-refractivity contribution in [2.45, 2.75) is 11.1 Å². The maximum absolute atomic E-state index is 12.5. The number of halogens is 4. The minimum Gasteiger partial charge on any atom is -0.495 e. The fourth-order valence-corrected chi connectivity index (χ4v) is 3.16. The Morgan fingerprint density at radius 2 is 1.70 bits per heavy atom. The zero-order valence-electron chi connectivity index (χ0n) is 11.7. The van der Waals surface area contributed by atoms with E-state index in [2.05, 4.69) is 4.72 Å². The van der Waals surface area contributed by atoms with Gasteiger partial charge in [-0.05, 0) is 42.5 Å². The molecule has 9 heteroatoms. The Bertz CT molecular complexity index is 805. The van der Waals surface area contributed by atoms with Gasteiger partial charge in [-0.1, -0.05) is 11.6 Å². The van der Waals surface area contributed by atoms with Crippen LogP contribution >= 0.6 is 11.6 Å². The molecule has 0 saturated heterocycles. The number of benzene rings is 2. The van der Waals surface area contributed by atoms with Crippen LogP contribution in [0, 0.1) is 0 Å². The van der Waals surface area contributed by atoms with Gasteiger partial charge < -0.3 is 4.74 Å². The number of nitrogens with one attached hydrogen (secondary N) is 1. The van der Waals surface area contributed by atoms with Gasteiger partial charge in [-0.15, -0.1) is 0 Å². The molecule has 124 valence electrons. The van der Waals surface area contributed by atoms with Crippen molar-refractivity contribution in [2.24, 2.45) is 0 Å². The predicted molar refractivity (Wildman–Crippen MR) is 80.3 cm³/mol. The van der Waals surface area contributed by atoms with E-state index in [0.717, 1.165) is 24.3 Å². The summed E-state index contributed by atoms with van der Waals surface area (Å²) < 4.78 is 68.9. The molecule has 0 unspecified atom stereocenters. The largest absolute Gasteiger partial charge is 0.495 e. The van der Waals surface area contributed by atoms with Crippen molar-refractivity contribution in [2.75, 3.05) is 11.8 Å². The van der Waals surface area contributed by atoms with Crippen LogP contribution in [0.1, 0.15) is 5.56 Å². The monoisotopic (exact) mass is 365 g/mol. The van der Waals surface area contributed by atoms with Crippen LogP contribution in [0.4, 0.5) is 18.9 Å². The summed E-state index contributed by atoms with van der Waals surface area (Å²) in [4.78, 5) is -0.136. The summed E-state index contributed by atoms with van der Waals surface area (Å²) in [7, 11) is -2.60. The molecule has 0 heterocycles. The molecule has 0 fully saturated rings. The van der Waals surface area contributed by atoms with Crippen LogP contribution in [0.15, 0.2) is 47.4 Å². The fourth-order valence-electron chi connectivity index (χ4n) is 1.76. The van der Waals surface area contributed by atoms with Gasteiger partial charge in [0.25, 0.3) is 10.0 Å². The molecule has 4 nitrogen and oxygen atoms in total. The van der Waals surface area contributed by atoms with E-state index in [9.17, 15) is 21.6 Å². The summed E-state index contributed by atoms with van der Waals surface area (Å²) in [6.07, 6.45) is -4.49. The van der Waals surface area contributed by atoms with Crippen LogP contribution in [0.2, 0.25) is 5.02 Å². The van der Waals surface area contributed by atoms with E-state index in [1.165, 1.54) is 25.3 Å². The molecule has 0 atom stereocenters. The Morgan fingerprint density at radius 3 is 2.17 bits per heavy atom. The lowest BCUT2D eigenvalue weighted by Crippen LogP contribution is -2.13. The summed E-state index contributed by atoms with van der Waals surface area (Å²) in [6, 6.07) is 7.49. The SMILES string of the molecule is COc1ccc(S(=O)(=O)Nc2ccc(C(F)(F)F)cc2)cc1Cl. The molecule has 0 aliphatic carbocycles. The molecule has 2 rings (SSSR count). The van der Waals surface area contributed by atoms with Gasteiger partial charge in [0.15, 0.2) is 0 Å². The topological polar surface area (TPSA) is 55.4 Å². The average molecular weight is 366 g/mol. The highest BCUT2D eigenvalue weighted by Crippen LogP contribution is 2.31. The lowest BCUT2D eigenvalue weighted by Gasteiger charge is -2.11. The number of anilines is 1. The molecular weight excluding hydrogens is 355 g/mol. The molecule has 0 aromatic heterocycles. The highest BCUT2D eigenvalue weighted by Gasteiger charge is 2.30. The first-order chi connectivity index (χ1) is 10.6. The minimum absolute atomic E-state index is 0.00457. The van der Waals surface area contributed by atoms with E-state index in [0.29, 0.717) is 5.75 Å². The van der Waals surface area contributed by atoms with E-state index in [1.807, 2.05) is 0 Å². The maximum atomic E-state index is 12.5. The van der Waals surface area contributed by atoms with E-state index in [4.69, 9.17) is 16.3 Å². The highest BCUT2D eigenvalue weighted by molar-refractivity contribution is 7.92. The molecule has 1 N–H and O–H groups in total. The first-order valence-corrected chi connectivity index (χ1v) is 8.03. The summed E-state index contributed by atoms with van der Waals surface area (Å²) in [5.74, 6) is 0.306. The van der Waals surface area contributed by atoms with Crippen molar-refractivity contribution in [1.29, 1.82) is 0 Å². The second-order valence-corrected chi connectivity index (χ2v) is 6.57. The Hall–Kier alpha value is -1.93.